The molecule has 0 aliphatic heterocycles. The van der Waals surface area contributed by atoms with Crippen molar-refractivity contribution >= 4 is 52.3 Å². The predicted molar refractivity (Wildman–Crippen MR) is 119 cm³/mol. The molecule has 1 aliphatic carbocycles. The van der Waals surface area contributed by atoms with E-state index in [1.807, 2.05) is 6.92 Å². The van der Waals surface area contributed by atoms with Gasteiger partial charge in [0.15, 0.2) is 0 Å². The molecule has 0 atom stereocenters. The van der Waals surface area contributed by atoms with Gasteiger partial charge in [0.05, 0.1) is 10.7 Å². The molecule has 0 heterocycles. The van der Waals surface area contributed by atoms with Crippen molar-refractivity contribution in [2.75, 3.05) is 23.7 Å². The Kier molecular flexibility index (Phi) is 7.34. The fourth-order valence-electron chi connectivity index (χ4n) is 2.94. The minimum Gasteiger partial charge on any atom is -0.329 e. The molecule has 0 bridgehead atoms. The van der Waals surface area contributed by atoms with E-state index < -0.39 is 0 Å². The lowest BCUT2D eigenvalue weighted by Gasteiger charge is -2.22. The molecule has 2 aromatic carbocycles. The van der Waals surface area contributed by atoms with Gasteiger partial charge < -0.3 is 15.5 Å². The van der Waals surface area contributed by atoms with Crippen molar-refractivity contribution in [2.24, 2.45) is 5.92 Å². The molecule has 0 saturated heterocycles. The molecule has 0 radical (unpaired) electrons. The fraction of sp³-hybridized carbons (Fsp3) is 0.318. The number of benzene rings is 2. The number of anilines is 2. The number of rotatable bonds is 8. The third-order valence-electron chi connectivity index (χ3n) is 4.67. The average Bonchev–Trinajstić information content (AvgIpc) is 3.55. The third kappa shape index (κ3) is 5.97. The van der Waals surface area contributed by atoms with Crippen LogP contribution in [0.25, 0.3) is 0 Å². The van der Waals surface area contributed by atoms with Crippen LogP contribution in [0.1, 0.15) is 36.5 Å². The zero-order chi connectivity index (χ0) is 21.7. The monoisotopic (exact) mass is 447 g/mol. The summed E-state index contributed by atoms with van der Waals surface area (Å²) in [4.78, 5) is 38.7. The number of halogens is 2. The summed E-state index contributed by atoms with van der Waals surface area (Å²) in [6, 6.07) is 11.5. The smallest absolute Gasteiger partial charge is 0.254 e. The highest BCUT2D eigenvalue weighted by molar-refractivity contribution is 6.36. The summed E-state index contributed by atoms with van der Waals surface area (Å²) in [5.41, 5.74) is 1.54. The van der Waals surface area contributed by atoms with E-state index in [-0.39, 0.29) is 30.2 Å². The van der Waals surface area contributed by atoms with Crippen LogP contribution < -0.4 is 10.6 Å². The van der Waals surface area contributed by atoms with Crippen LogP contribution in [0.3, 0.4) is 0 Å². The zero-order valence-corrected chi connectivity index (χ0v) is 18.1. The number of nitrogens with one attached hydrogen (secondary N) is 2. The van der Waals surface area contributed by atoms with E-state index in [0.29, 0.717) is 39.9 Å². The Bertz CT molecular complexity index is 943. The first-order valence-corrected chi connectivity index (χ1v) is 10.6. The summed E-state index contributed by atoms with van der Waals surface area (Å²) in [5.74, 6) is -0.484. The molecule has 0 spiro atoms. The third-order valence-corrected chi connectivity index (χ3v) is 5.22. The molecule has 30 heavy (non-hydrogen) atoms. The van der Waals surface area contributed by atoms with Gasteiger partial charge in [-0.3, -0.25) is 14.4 Å². The summed E-state index contributed by atoms with van der Waals surface area (Å²) in [7, 11) is 0. The molecule has 158 valence electrons. The molecular weight excluding hydrogens is 425 g/mol. The van der Waals surface area contributed by atoms with Crippen LogP contribution in [0.2, 0.25) is 10.0 Å². The number of carbonyl (C=O) groups excluding carboxylic acids is 3. The van der Waals surface area contributed by atoms with Crippen LogP contribution in [0.5, 0.6) is 0 Å². The van der Waals surface area contributed by atoms with Crippen LogP contribution in [-0.4, -0.2) is 35.7 Å². The van der Waals surface area contributed by atoms with Crippen molar-refractivity contribution < 1.29 is 14.4 Å². The number of hydrogen-bond donors (Lipinski definition) is 2. The SMILES string of the molecule is CCCN(CC(=O)Nc1ccc(Cl)cc1Cl)C(=O)c1ccc(NC(=O)C2CC2)cc1. The Balaban J connectivity index is 1.63. The Morgan fingerprint density at radius 3 is 2.33 bits per heavy atom. The summed E-state index contributed by atoms with van der Waals surface area (Å²) < 4.78 is 0. The van der Waals surface area contributed by atoms with E-state index in [9.17, 15) is 14.4 Å². The standard InChI is InChI=1S/C22H23Cl2N3O3/c1-2-11-27(13-20(28)26-19-10-7-16(23)12-18(19)24)22(30)15-5-8-17(9-6-15)25-21(29)14-3-4-14/h5-10,12,14H,2-4,11,13H2,1H3,(H,25,29)(H,26,28). The normalized spacial score (nSPS) is 12.9. The zero-order valence-electron chi connectivity index (χ0n) is 16.6. The molecule has 1 saturated carbocycles. The van der Waals surface area contributed by atoms with Gasteiger partial charge in [0, 0.05) is 28.7 Å². The van der Waals surface area contributed by atoms with Gasteiger partial charge in [0.1, 0.15) is 6.54 Å². The maximum atomic E-state index is 12.9. The lowest BCUT2D eigenvalue weighted by molar-refractivity contribution is -0.117. The minimum atomic E-state index is -0.352. The van der Waals surface area contributed by atoms with Crippen LogP contribution in [0.4, 0.5) is 11.4 Å². The maximum Gasteiger partial charge on any atom is 0.254 e. The second-order valence-electron chi connectivity index (χ2n) is 7.24. The maximum absolute atomic E-state index is 12.9. The number of amides is 3. The van der Waals surface area contributed by atoms with Gasteiger partial charge >= 0.3 is 0 Å². The van der Waals surface area contributed by atoms with Crippen molar-refractivity contribution in [3.63, 3.8) is 0 Å². The first-order chi connectivity index (χ1) is 14.4. The topological polar surface area (TPSA) is 78.5 Å². The first kappa shape index (κ1) is 22.1. The fourth-order valence-corrected chi connectivity index (χ4v) is 3.40. The van der Waals surface area contributed by atoms with Gasteiger partial charge in [0.25, 0.3) is 5.91 Å². The lowest BCUT2D eigenvalue weighted by Crippen LogP contribution is -2.38. The highest BCUT2D eigenvalue weighted by atomic mass is 35.5. The van der Waals surface area contributed by atoms with Gasteiger partial charge in [0.2, 0.25) is 11.8 Å². The Morgan fingerprint density at radius 2 is 1.73 bits per heavy atom. The molecular formula is C22H23Cl2N3O3. The predicted octanol–water partition coefficient (Wildman–Crippen LogP) is 4.83. The quantitative estimate of drug-likeness (QED) is 0.607. The lowest BCUT2D eigenvalue weighted by atomic mass is 10.1. The molecule has 2 N–H and O–H groups in total. The highest BCUT2D eigenvalue weighted by Crippen LogP contribution is 2.30. The van der Waals surface area contributed by atoms with Gasteiger partial charge in [-0.2, -0.15) is 0 Å². The minimum absolute atomic E-state index is 0.0132. The first-order valence-electron chi connectivity index (χ1n) is 9.82. The molecule has 2 aromatic rings. The van der Waals surface area contributed by atoms with E-state index in [0.717, 1.165) is 12.8 Å². The second kappa shape index (κ2) is 9.96. The second-order valence-corrected chi connectivity index (χ2v) is 8.08. The van der Waals surface area contributed by atoms with E-state index in [2.05, 4.69) is 10.6 Å². The summed E-state index contributed by atoms with van der Waals surface area (Å²) >= 11 is 12.0. The van der Waals surface area contributed by atoms with E-state index >= 15 is 0 Å². The van der Waals surface area contributed by atoms with E-state index in [1.165, 1.54) is 11.0 Å². The van der Waals surface area contributed by atoms with Crippen molar-refractivity contribution in [3.05, 3.63) is 58.1 Å². The van der Waals surface area contributed by atoms with Gasteiger partial charge in [-0.15, -0.1) is 0 Å². The molecule has 0 aromatic heterocycles. The largest absolute Gasteiger partial charge is 0.329 e. The van der Waals surface area contributed by atoms with Crippen molar-refractivity contribution in [1.82, 2.24) is 4.90 Å². The highest BCUT2D eigenvalue weighted by Gasteiger charge is 2.29. The summed E-state index contributed by atoms with van der Waals surface area (Å²) in [6.07, 6.45) is 2.56. The molecule has 3 rings (SSSR count). The number of carbonyl (C=O) groups is 3. The Hall–Kier alpha value is -2.57. The molecule has 1 aliphatic rings. The van der Waals surface area contributed by atoms with E-state index in [4.69, 9.17) is 23.2 Å². The van der Waals surface area contributed by atoms with Gasteiger partial charge in [-0.05, 0) is 61.7 Å². The van der Waals surface area contributed by atoms with Crippen molar-refractivity contribution in [2.45, 2.75) is 26.2 Å². The number of hydrogen-bond acceptors (Lipinski definition) is 3. The van der Waals surface area contributed by atoms with Gasteiger partial charge in [-0.25, -0.2) is 0 Å². The molecule has 0 unspecified atom stereocenters. The Morgan fingerprint density at radius 1 is 1.03 bits per heavy atom. The molecule has 6 nitrogen and oxygen atoms in total. The Labute approximate surface area is 185 Å². The van der Waals surface area contributed by atoms with Crippen LogP contribution >= 0.6 is 23.2 Å². The van der Waals surface area contributed by atoms with Crippen LogP contribution in [0, 0.1) is 5.92 Å². The van der Waals surface area contributed by atoms with Gasteiger partial charge in [-0.1, -0.05) is 30.1 Å². The van der Waals surface area contributed by atoms with Crippen LogP contribution in [0.15, 0.2) is 42.5 Å². The van der Waals surface area contributed by atoms with Crippen LogP contribution in [-0.2, 0) is 9.59 Å². The van der Waals surface area contributed by atoms with Crippen molar-refractivity contribution in [1.29, 1.82) is 0 Å². The molecule has 8 heteroatoms. The number of nitrogens with zero attached hydrogens (tertiary/aromatic N) is 1. The van der Waals surface area contributed by atoms with Crippen molar-refractivity contribution in [3.8, 4) is 0 Å². The summed E-state index contributed by atoms with van der Waals surface area (Å²) in [6.45, 7) is 2.26. The summed E-state index contributed by atoms with van der Waals surface area (Å²) in [5, 5.41) is 6.35. The molecule has 3 amide bonds. The van der Waals surface area contributed by atoms with E-state index in [1.54, 1.807) is 36.4 Å². The molecule has 1 fully saturated rings. The average molecular weight is 448 g/mol.